The monoisotopic (exact) mass is 571 g/mol. The zero-order valence-corrected chi connectivity index (χ0v) is 23.5. The van der Waals surface area contributed by atoms with Gasteiger partial charge in [0.05, 0.1) is 23.4 Å². The summed E-state index contributed by atoms with van der Waals surface area (Å²) in [5, 5.41) is 2.72. The lowest BCUT2D eigenvalue weighted by Crippen LogP contribution is -2.37. The molecule has 0 atom stereocenters. The van der Waals surface area contributed by atoms with E-state index in [9.17, 15) is 21.6 Å². The van der Waals surface area contributed by atoms with E-state index in [1.807, 2.05) is 6.07 Å². The SMILES string of the molecule is COc1ccc(CN(CC(=O)Nc2ccccc2)S(=O)(=O)c2ccc(S(=O)(=O)N3CCCCCC3)cc2)cc1. The summed E-state index contributed by atoms with van der Waals surface area (Å²) < 4.78 is 61.5. The second kappa shape index (κ2) is 12.7. The van der Waals surface area contributed by atoms with Crippen LogP contribution in [0.25, 0.3) is 0 Å². The first-order valence-corrected chi connectivity index (χ1v) is 15.7. The van der Waals surface area contributed by atoms with Crippen molar-refractivity contribution in [2.75, 3.05) is 32.1 Å². The molecule has 11 heteroatoms. The van der Waals surface area contributed by atoms with E-state index < -0.39 is 32.5 Å². The maximum absolute atomic E-state index is 13.7. The van der Waals surface area contributed by atoms with Gasteiger partial charge in [0.25, 0.3) is 0 Å². The number of nitrogens with one attached hydrogen (secondary N) is 1. The largest absolute Gasteiger partial charge is 0.497 e. The average Bonchev–Trinajstić information content (AvgIpc) is 3.24. The normalized spacial score (nSPS) is 15.0. The van der Waals surface area contributed by atoms with Crippen molar-refractivity contribution < 1.29 is 26.4 Å². The maximum Gasteiger partial charge on any atom is 0.243 e. The average molecular weight is 572 g/mol. The van der Waals surface area contributed by atoms with Crippen molar-refractivity contribution in [3.05, 3.63) is 84.4 Å². The third-order valence-electron chi connectivity index (χ3n) is 6.56. The van der Waals surface area contributed by atoms with Crippen LogP contribution in [0.1, 0.15) is 31.2 Å². The van der Waals surface area contributed by atoms with Gasteiger partial charge in [0, 0.05) is 25.3 Å². The summed E-state index contributed by atoms with van der Waals surface area (Å²) >= 11 is 0. The molecule has 0 unspecified atom stereocenters. The summed E-state index contributed by atoms with van der Waals surface area (Å²) in [4.78, 5) is 12.8. The minimum atomic E-state index is -4.16. The van der Waals surface area contributed by atoms with Crippen LogP contribution in [-0.4, -0.2) is 58.1 Å². The summed E-state index contributed by atoms with van der Waals surface area (Å²) in [6.45, 7) is 0.405. The van der Waals surface area contributed by atoms with E-state index in [1.165, 1.54) is 35.7 Å². The number of rotatable bonds is 10. The molecule has 9 nitrogen and oxygen atoms in total. The van der Waals surface area contributed by atoms with Gasteiger partial charge in [-0.05, 0) is 66.9 Å². The number of para-hydroxylation sites is 1. The Labute approximate surface area is 230 Å². The molecular formula is C28H33N3O6S2. The molecule has 1 saturated heterocycles. The zero-order chi connectivity index (χ0) is 27.9. The van der Waals surface area contributed by atoms with Gasteiger partial charge >= 0.3 is 0 Å². The third kappa shape index (κ3) is 7.24. The number of sulfonamides is 2. The van der Waals surface area contributed by atoms with Crippen LogP contribution in [0.5, 0.6) is 5.75 Å². The predicted molar refractivity (Wildman–Crippen MR) is 149 cm³/mol. The molecule has 3 aromatic carbocycles. The fourth-order valence-electron chi connectivity index (χ4n) is 4.41. The smallest absolute Gasteiger partial charge is 0.243 e. The molecule has 0 bridgehead atoms. The molecule has 0 radical (unpaired) electrons. The highest BCUT2D eigenvalue weighted by molar-refractivity contribution is 7.89. The second-order valence-corrected chi connectivity index (χ2v) is 13.2. The molecule has 1 N–H and O–H groups in total. The number of hydrogen-bond acceptors (Lipinski definition) is 6. The van der Waals surface area contributed by atoms with E-state index in [0.29, 0.717) is 30.1 Å². The summed E-state index contributed by atoms with van der Waals surface area (Å²) in [6.07, 6.45) is 3.59. The first-order chi connectivity index (χ1) is 18.7. The molecule has 39 heavy (non-hydrogen) atoms. The van der Waals surface area contributed by atoms with Gasteiger partial charge < -0.3 is 10.1 Å². The van der Waals surface area contributed by atoms with Gasteiger partial charge in [-0.15, -0.1) is 0 Å². The molecule has 3 aromatic rings. The number of methoxy groups -OCH3 is 1. The van der Waals surface area contributed by atoms with E-state index in [1.54, 1.807) is 48.5 Å². The van der Waals surface area contributed by atoms with Gasteiger partial charge in [-0.3, -0.25) is 4.79 Å². The van der Waals surface area contributed by atoms with Gasteiger partial charge in [-0.1, -0.05) is 43.2 Å². The molecule has 0 saturated carbocycles. The number of nitrogens with zero attached hydrogens (tertiary/aromatic N) is 2. The fraction of sp³-hybridized carbons (Fsp3) is 0.321. The van der Waals surface area contributed by atoms with Crippen molar-refractivity contribution in [1.82, 2.24) is 8.61 Å². The standard InChI is InChI=1S/C28H33N3O6S2/c1-37-25-13-11-23(12-14-25)21-31(22-28(32)29-24-9-5-4-6-10-24)39(35,36)27-17-15-26(16-18-27)38(33,34)30-19-7-2-3-8-20-30/h4-6,9-18H,2-3,7-8,19-22H2,1H3,(H,29,32). The van der Waals surface area contributed by atoms with Crippen molar-refractivity contribution >= 4 is 31.6 Å². The summed E-state index contributed by atoms with van der Waals surface area (Å²) in [5.74, 6) is 0.120. The number of benzene rings is 3. The topological polar surface area (TPSA) is 113 Å². The van der Waals surface area contributed by atoms with Gasteiger partial charge in [0.2, 0.25) is 26.0 Å². The molecule has 4 rings (SSSR count). The summed E-state index contributed by atoms with van der Waals surface area (Å²) in [6, 6.07) is 20.9. The lowest BCUT2D eigenvalue weighted by molar-refractivity contribution is -0.116. The van der Waals surface area contributed by atoms with Crippen molar-refractivity contribution in [3.8, 4) is 5.75 Å². The molecule has 1 aliphatic rings. The molecule has 1 aliphatic heterocycles. The lowest BCUT2D eigenvalue weighted by Gasteiger charge is -2.23. The van der Waals surface area contributed by atoms with E-state index in [4.69, 9.17) is 4.74 Å². The van der Waals surface area contributed by atoms with Crippen molar-refractivity contribution in [2.24, 2.45) is 0 Å². The molecule has 0 aliphatic carbocycles. The first-order valence-electron chi connectivity index (χ1n) is 12.8. The quantitative estimate of drug-likeness (QED) is 0.392. The zero-order valence-electron chi connectivity index (χ0n) is 21.8. The van der Waals surface area contributed by atoms with Crippen LogP contribution in [-0.2, 0) is 31.4 Å². The van der Waals surface area contributed by atoms with Crippen molar-refractivity contribution in [2.45, 2.75) is 42.0 Å². The molecule has 208 valence electrons. The van der Waals surface area contributed by atoms with Crippen LogP contribution >= 0.6 is 0 Å². The second-order valence-electron chi connectivity index (χ2n) is 9.33. The van der Waals surface area contributed by atoms with Gasteiger partial charge in [-0.25, -0.2) is 16.8 Å². The highest BCUT2D eigenvalue weighted by Gasteiger charge is 2.29. The fourth-order valence-corrected chi connectivity index (χ4v) is 7.31. The number of carbonyl (C=O) groups excluding carboxylic acids is 1. The number of anilines is 1. The highest BCUT2D eigenvalue weighted by Crippen LogP contribution is 2.25. The van der Waals surface area contributed by atoms with Crippen LogP contribution in [0.15, 0.2) is 88.7 Å². The Morgan fingerprint density at radius 1 is 0.821 bits per heavy atom. The van der Waals surface area contributed by atoms with Crippen molar-refractivity contribution in [1.29, 1.82) is 0 Å². The highest BCUT2D eigenvalue weighted by atomic mass is 32.2. The first kappa shape index (κ1) is 28.8. The Hall–Kier alpha value is -3.25. The molecule has 1 fully saturated rings. The molecule has 0 spiro atoms. The predicted octanol–water partition coefficient (Wildman–Crippen LogP) is 4.09. The molecule has 0 aromatic heterocycles. The van der Waals surface area contributed by atoms with Crippen LogP contribution in [0, 0.1) is 0 Å². The lowest BCUT2D eigenvalue weighted by atomic mass is 10.2. The Bertz CT molecular complexity index is 1450. The Balaban J connectivity index is 1.59. The van der Waals surface area contributed by atoms with E-state index in [2.05, 4.69) is 5.32 Å². The minimum absolute atomic E-state index is 0.0480. The van der Waals surface area contributed by atoms with Gasteiger partial charge in [0.1, 0.15) is 5.75 Å². The number of hydrogen-bond donors (Lipinski definition) is 1. The van der Waals surface area contributed by atoms with E-state index >= 15 is 0 Å². The minimum Gasteiger partial charge on any atom is -0.497 e. The maximum atomic E-state index is 13.7. The Morgan fingerprint density at radius 3 is 2.00 bits per heavy atom. The van der Waals surface area contributed by atoms with Crippen LogP contribution in [0.4, 0.5) is 5.69 Å². The van der Waals surface area contributed by atoms with Crippen LogP contribution in [0.3, 0.4) is 0 Å². The molecule has 1 heterocycles. The Kier molecular flexibility index (Phi) is 9.39. The van der Waals surface area contributed by atoms with Crippen LogP contribution < -0.4 is 10.1 Å². The number of carbonyl (C=O) groups is 1. The molecule has 1 amide bonds. The van der Waals surface area contributed by atoms with Gasteiger partial charge in [0.15, 0.2) is 0 Å². The van der Waals surface area contributed by atoms with E-state index in [0.717, 1.165) is 30.0 Å². The van der Waals surface area contributed by atoms with Gasteiger partial charge in [-0.2, -0.15) is 8.61 Å². The third-order valence-corrected chi connectivity index (χ3v) is 10.3. The van der Waals surface area contributed by atoms with E-state index in [-0.39, 0.29) is 16.3 Å². The summed E-state index contributed by atoms with van der Waals surface area (Å²) in [7, 11) is -6.35. The molecular weight excluding hydrogens is 538 g/mol. The van der Waals surface area contributed by atoms with Crippen LogP contribution in [0.2, 0.25) is 0 Å². The summed E-state index contributed by atoms with van der Waals surface area (Å²) in [5.41, 5.74) is 1.21. The Morgan fingerprint density at radius 2 is 1.41 bits per heavy atom. The number of amides is 1. The number of ether oxygens (including phenoxy) is 1. The van der Waals surface area contributed by atoms with Crippen molar-refractivity contribution in [3.63, 3.8) is 0 Å².